The van der Waals surface area contributed by atoms with E-state index >= 15 is 0 Å². The lowest BCUT2D eigenvalue weighted by Crippen LogP contribution is -2.41. The van der Waals surface area contributed by atoms with Gasteiger partial charge in [0.15, 0.2) is 0 Å². The van der Waals surface area contributed by atoms with E-state index in [0.29, 0.717) is 6.42 Å². The molecule has 0 aliphatic carbocycles. The summed E-state index contributed by atoms with van der Waals surface area (Å²) in [6.07, 6.45) is 0.261. The van der Waals surface area contributed by atoms with Gasteiger partial charge in [-0.05, 0) is 36.1 Å². The minimum atomic E-state index is -0.914. The van der Waals surface area contributed by atoms with Crippen LogP contribution >= 0.6 is 7.92 Å². The van der Waals surface area contributed by atoms with Crippen molar-refractivity contribution >= 4 is 30.5 Å². The van der Waals surface area contributed by atoms with Gasteiger partial charge in [-0.3, -0.25) is 4.79 Å². The molecule has 5 heteroatoms. The number of carbonyl (C=O) groups excluding carboxylic acids is 2. The highest BCUT2D eigenvalue weighted by Gasteiger charge is 2.40. The van der Waals surface area contributed by atoms with Crippen molar-refractivity contribution in [2.45, 2.75) is 24.5 Å². The van der Waals surface area contributed by atoms with Gasteiger partial charge in [0.2, 0.25) is 5.91 Å². The summed E-state index contributed by atoms with van der Waals surface area (Å²) in [5.41, 5.74) is 2.08. The largest absolute Gasteiger partial charge is 0.447 e. The first-order chi connectivity index (χ1) is 17.7. The van der Waals surface area contributed by atoms with Crippen molar-refractivity contribution in [3.63, 3.8) is 0 Å². The fraction of sp³-hybridized carbons (Fsp3) is 0.161. The first-order valence-electron chi connectivity index (χ1n) is 12.2. The zero-order chi connectivity index (χ0) is 24.7. The molecule has 4 nitrogen and oxygen atoms in total. The van der Waals surface area contributed by atoms with Crippen LogP contribution in [-0.4, -0.2) is 29.5 Å². The summed E-state index contributed by atoms with van der Waals surface area (Å²) in [7, 11) is -0.914. The van der Waals surface area contributed by atoms with Gasteiger partial charge in [0.1, 0.15) is 6.61 Å². The monoisotopic (exact) mass is 493 g/mol. The van der Waals surface area contributed by atoms with Gasteiger partial charge >= 0.3 is 6.09 Å². The predicted molar refractivity (Wildman–Crippen MR) is 145 cm³/mol. The smallest absolute Gasteiger partial charge is 0.416 e. The number of cyclic esters (lactones) is 1. The Labute approximate surface area is 213 Å². The number of benzene rings is 4. The summed E-state index contributed by atoms with van der Waals surface area (Å²) in [5, 5.41) is 2.40. The zero-order valence-corrected chi connectivity index (χ0v) is 20.8. The van der Waals surface area contributed by atoms with Gasteiger partial charge in [0, 0.05) is 12.1 Å². The molecule has 1 saturated heterocycles. The number of nitrogens with zero attached hydrogens (tertiary/aromatic N) is 1. The second-order valence-corrected chi connectivity index (χ2v) is 11.3. The topological polar surface area (TPSA) is 46.6 Å². The van der Waals surface area contributed by atoms with Gasteiger partial charge in [-0.25, -0.2) is 9.69 Å². The molecule has 0 radical (unpaired) electrons. The molecule has 0 saturated carbocycles. The SMILES string of the molecule is O=C(C[C@@H](c1ccccc1)P(c1ccccc1)c1ccccc1)N1C(=O)OC[C@@H]1Cc1ccccc1. The molecule has 180 valence electrons. The number of amides is 2. The van der Waals surface area contributed by atoms with Gasteiger partial charge < -0.3 is 4.74 Å². The number of rotatable bonds is 8. The van der Waals surface area contributed by atoms with E-state index in [1.54, 1.807) is 0 Å². The van der Waals surface area contributed by atoms with E-state index in [9.17, 15) is 9.59 Å². The molecule has 0 bridgehead atoms. The molecule has 1 aliphatic heterocycles. The Kier molecular flexibility index (Phi) is 7.54. The van der Waals surface area contributed by atoms with E-state index in [1.165, 1.54) is 15.5 Å². The lowest BCUT2D eigenvalue weighted by molar-refractivity contribution is -0.129. The Hall–Kier alpha value is -3.75. The van der Waals surface area contributed by atoms with Crippen LogP contribution in [0.15, 0.2) is 121 Å². The molecule has 1 aliphatic rings. The fourth-order valence-corrected chi connectivity index (χ4v) is 7.60. The minimum absolute atomic E-state index is 0.0933. The van der Waals surface area contributed by atoms with Crippen molar-refractivity contribution in [3.05, 3.63) is 132 Å². The Balaban J connectivity index is 1.50. The molecule has 4 aromatic rings. The van der Waals surface area contributed by atoms with Crippen LogP contribution in [0.1, 0.15) is 23.2 Å². The van der Waals surface area contributed by atoms with E-state index in [2.05, 4.69) is 36.4 Å². The van der Waals surface area contributed by atoms with Gasteiger partial charge in [0.05, 0.1) is 6.04 Å². The van der Waals surface area contributed by atoms with Crippen molar-refractivity contribution in [1.29, 1.82) is 0 Å². The normalized spacial score (nSPS) is 16.1. The molecular formula is C31H28NO3P. The third kappa shape index (κ3) is 5.40. The first kappa shape index (κ1) is 24.0. The van der Waals surface area contributed by atoms with Crippen LogP contribution in [0.4, 0.5) is 4.79 Å². The number of ether oxygens (including phenoxy) is 1. The van der Waals surface area contributed by atoms with E-state index in [1.807, 2.05) is 84.9 Å². The van der Waals surface area contributed by atoms with Gasteiger partial charge in [-0.1, -0.05) is 121 Å². The summed E-state index contributed by atoms with van der Waals surface area (Å²) >= 11 is 0. The van der Waals surface area contributed by atoms with Crippen LogP contribution in [0.3, 0.4) is 0 Å². The minimum Gasteiger partial charge on any atom is -0.447 e. The summed E-state index contributed by atoms with van der Waals surface area (Å²) in [4.78, 5) is 27.9. The molecule has 2 amide bonds. The molecule has 2 atom stereocenters. The summed E-state index contributed by atoms with van der Waals surface area (Å²) in [5.74, 6) is -0.188. The zero-order valence-electron chi connectivity index (χ0n) is 19.9. The second-order valence-electron chi connectivity index (χ2n) is 8.86. The van der Waals surface area contributed by atoms with Crippen LogP contribution in [0, 0.1) is 0 Å². The van der Waals surface area contributed by atoms with Crippen LogP contribution in [0.2, 0.25) is 0 Å². The van der Waals surface area contributed by atoms with E-state index in [4.69, 9.17) is 4.74 Å². The molecule has 36 heavy (non-hydrogen) atoms. The quantitative estimate of drug-likeness (QED) is 0.290. The molecule has 0 unspecified atom stereocenters. The van der Waals surface area contributed by atoms with Crippen molar-refractivity contribution in [2.24, 2.45) is 0 Å². The molecule has 0 spiro atoms. The van der Waals surface area contributed by atoms with Crippen molar-refractivity contribution in [2.75, 3.05) is 6.61 Å². The first-order valence-corrected chi connectivity index (χ1v) is 13.6. The lowest BCUT2D eigenvalue weighted by Gasteiger charge is -2.30. The molecule has 1 fully saturated rings. The average molecular weight is 494 g/mol. The highest BCUT2D eigenvalue weighted by Crippen LogP contribution is 2.51. The van der Waals surface area contributed by atoms with Gasteiger partial charge in [-0.15, -0.1) is 0 Å². The van der Waals surface area contributed by atoms with E-state index in [-0.39, 0.29) is 30.6 Å². The number of hydrogen-bond donors (Lipinski definition) is 0. The van der Waals surface area contributed by atoms with Crippen molar-refractivity contribution in [1.82, 2.24) is 4.90 Å². The highest BCUT2D eigenvalue weighted by atomic mass is 31.1. The molecule has 1 heterocycles. The maximum Gasteiger partial charge on any atom is 0.416 e. The number of carbonyl (C=O) groups is 2. The van der Waals surface area contributed by atoms with Gasteiger partial charge in [0.25, 0.3) is 0 Å². The maximum atomic E-state index is 13.8. The summed E-state index contributed by atoms with van der Waals surface area (Å²) in [6.45, 7) is 0.224. The molecule has 0 aromatic heterocycles. The van der Waals surface area contributed by atoms with E-state index < -0.39 is 14.0 Å². The Morgan fingerprint density at radius 2 is 1.28 bits per heavy atom. The molecule has 5 rings (SSSR count). The highest BCUT2D eigenvalue weighted by molar-refractivity contribution is 7.73. The molecule has 4 aromatic carbocycles. The summed E-state index contributed by atoms with van der Waals surface area (Å²) in [6, 6.07) is 40.6. The molecule has 0 N–H and O–H groups in total. The Morgan fingerprint density at radius 3 is 1.83 bits per heavy atom. The summed E-state index contributed by atoms with van der Waals surface area (Å²) < 4.78 is 5.36. The van der Waals surface area contributed by atoms with Crippen LogP contribution < -0.4 is 10.6 Å². The predicted octanol–water partition coefficient (Wildman–Crippen LogP) is 5.84. The maximum absolute atomic E-state index is 13.8. The third-order valence-electron chi connectivity index (χ3n) is 6.48. The fourth-order valence-electron chi connectivity index (χ4n) is 4.79. The Morgan fingerprint density at radius 1 is 0.778 bits per heavy atom. The standard InChI is InChI=1S/C31H28NO3P/c33-30(32-26(23-35-31(32)34)21-24-13-5-1-6-14-24)22-29(25-15-7-2-8-16-25)36(27-17-9-3-10-18-27)28-19-11-4-12-20-28/h1-20,26,29H,21-23H2/t26-,29-/m0/s1. The third-order valence-corrected chi connectivity index (χ3v) is 9.29. The average Bonchev–Trinajstić information content (AvgIpc) is 3.30. The van der Waals surface area contributed by atoms with Crippen molar-refractivity contribution < 1.29 is 14.3 Å². The number of imide groups is 1. The van der Waals surface area contributed by atoms with Crippen LogP contribution in [0.5, 0.6) is 0 Å². The second kappa shape index (κ2) is 11.3. The van der Waals surface area contributed by atoms with Gasteiger partial charge in [-0.2, -0.15) is 0 Å². The number of hydrogen-bond acceptors (Lipinski definition) is 3. The molecular weight excluding hydrogens is 465 g/mol. The van der Waals surface area contributed by atoms with Crippen molar-refractivity contribution in [3.8, 4) is 0 Å². The van der Waals surface area contributed by atoms with Crippen LogP contribution in [-0.2, 0) is 16.0 Å². The lowest BCUT2D eigenvalue weighted by atomic mass is 10.0. The van der Waals surface area contributed by atoms with E-state index in [0.717, 1.165) is 11.1 Å². The Bertz CT molecular complexity index is 1240. The van der Waals surface area contributed by atoms with Crippen LogP contribution in [0.25, 0.3) is 0 Å².